The van der Waals surface area contributed by atoms with Crippen molar-refractivity contribution in [3.8, 4) is 18.0 Å². The third-order valence-electron chi connectivity index (χ3n) is 5.59. The predicted molar refractivity (Wildman–Crippen MR) is 130 cm³/mol. The summed E-state index contributed by atoms with van der Waals surface area (Å²) >= 11 is 0. The molecule has 2 amide bonds. The zero-order chi connectivity index (χ0) is 26.0. The van der Waals surface area contributed by atoms with Gasteiger partial charge in [0.25, 0.3) is 0 Å². The molecule has 1 aromatic heterocycles. The fourth-order valence-electron chi connectivity index (χ4n) is 3.82. The molecule has 0 aliphatic carbocycles. The topological polar surface area (TPSA) is 125 Å². The lowest BCUT2D eigenvalue weighted by molar-refractivity contribution is -0.140. The first-order valence-electron chi connectivity index (χ1n) is 11.8. The van der Waals surface area contributed by atoms with Crippen molar-refractivity contribution in [3.05, 3.63) is 61.2 Å². The standard InChI is InChI=1S/C25H29N5O7/c1-3-11-34-22-26-23(35-12-4-2)28-24(27-22)36-16-19-14-29(10-13-33-19)21(31)15-30-20(17-37-25(30)32)18-8-6-5-7-9-18/h3-9,19-20H,1-2,10-17H2/t19?,20-/m1/s1. The van der Waals surface area contributed by atoms with Crippen molar-refractivity contribution in [1.29, 1.82) is 0 Å². The van der Waals surface area contributed by atoms with E-state index in [1.54, 1.807) is 17.1 Å². The van der Waals surface area contributed by atoms with Gasteiger partial charge in [-0.05, 0) is 5.56 Å². The molecule has 4 rings (SSSR count). The average Bonchev–Trinajstić information content (AvgIpc) is 3.29. The Morgan fingerprint density at radius 1 is 1.03 bits per heavy atom. The smallest absolute Gasteiger partial charge is 0.410 e. The van der Waals surface area contributed by atoms with E-state index >= 15 is 0 Å². The molecule has 3 heterocycles. The van der Waals surface area contributed by atoms with Crippen molar-refractivity contribution >= 4 is 12.0 Å². The lowest BCUT2D eigenvalue weighted by Crippen LogP contribution is -2.50. The Morgan fingerprint density at radius 2 is 1.68 bits per heavy atom. The van der Waals surface area contributed by atoms with E-state index in [0.29, 0.717) is 13.2 Å². The number of ether oxygens (including phenoxy) is 5. The number of cyclic esters (lactones) is 1. The number of nitrogens with zero attached hydrogens (tertiary/aromatic N) is 5. The summed E-state index contributed by atoms with van der Waals surface area (Å²) in [5, 5.41) is 0. The Kier molecular flexibility index (Phi) is 8.87. The highest BCUT2D eigenvalue weighted by molar-refractivity contribution is 5.83. The van der Waals surface area contributed by atoms with E-state index in [4.69, 9.17) is 23.7 Å². The molecule has 0 saturated carbocycles. The summed E-state index contributed by atoms with van der Waals surface area (Å²) in [6, 6.07) is 9.23. The molecule has 1 unspecified atom stereocenters. The number of aromatic nitrogens is 3. The molecule has 2 atom stereocenters. The molecular formula is C25H29N5O7. The van der Waals surface area contributed by atoms with Crippen molar-refractivity contribution in [2.45, 2.75) is 12.1 Å². The third-order valence-corrected chi connectivity index (χ3v) is 5.59. The Morgan fingerprint density at radius 3 is 2.32 bits per heavy atom. The van der Waals surface area contributed by atoms with Crippen LogP contribution in [-0.4, -0.2) is 95.5 Å². The molecule has 196 valence electrons. The third kappa shape index (κ3) is 6.94. The summed E-state index contributed by atoms with van der Waals surface area (Å²) in [6.45, 7) is 8.79. The van der Waals surface area contributed by atoms with Crippen LogP contribution in [0.1, 0.15) is 11.6 Å². The molecule has 12 nitrogen and oxygen atoms in total. The van der Waals surface area contributed by atoms with Crippen LogP contribution in [0.25, 0.3) is 0 Å². The van der Waals surface area contributed by atoms with Gasteiger partial charge in [0.05, 0.1) is 19.2 Å². The number of carbonyl (C=O) groups is 2. The second kappa shape index (κ2) is 12.7. The van der Waals surface area contributed by atoms with Gasteiger partial charge < -0.3 is 28.6 Å². The summed E-state index contributed by atoms with van der Waals surface area (Å²) in [4.78, 5) is 40.8. The minimum absolute atomic E-state index is 0.00862. The fourth-order valence-corrected chi connectivity index (χ4v) is 3.82. The number of hydrogen-bond acceptors (Lipinski definition) is 10. The van der Waals surface area contributed by atoms with Crippen LogP contribution in [0, 0.1) is 0 Å². The first-order valence-corrected chi connectivity index (χ1v) is 11.8. The van der Waals surface area contributed by atoms with Crippen LogP contribution in [0.15, 0.2) is 55.6 Å². The molecule has 12 heteroatoms. The number of benzene rings is 1. The average molecular weight is 512 g/mol. The van der Waals surface area contributed by atoms with Crippen molar-refractivity contribution in [2.24, 2.45) is 0 Å². The first-order chi connectivity index (χ1) is 18.1. The van der Waals surface area contributed by atoms with Gasteiger partial charge in [-0.1, -0.05) is 55.6 Å². The SMILES string of the molecule is C=CCOc1nc(OCC=C)nc(OCC2CN(C(=O)CN3C(=O)OC[C@@H]3c3ccccc3)CCO2)n1. The van der Waals surface area contributed by atoms with E-state index in [-0.39, 0.29) is 69.5 Å². The van der Waals surface area contributed by atoms with Gasteiger partial charge >= 0.3 is 24.1 Å². The summed E-state index contributed by atoms with van der Waals surface area (Å²) in [7, 11) is 0. The second-order valence-corrected chi connectivity index (χ2v) is 8.16. The highest BCUT2D eigenvalue weighted by Gasteiger charge is 2.37. The zero-order valence-corrected chi connectivity index (χ0v) is 20.4. The molecule has 0 spiro atoms. The minimum atomic E-state index is -0.505. The summed E-state index contributed by atoms with van der Waals surface area (Å²) < 4.78 is 27.5. The Hall–Kier alpha value is -4.19. The quantitative estimate of drug-likeness (QED) is 0.390. The Balaban J connectivity index is 1.34. The van der Waals surface area contributed by atoms with E-state index in [1.165, 1.54) is 4.90 Å². The van der Waals surface area contributed by atoms with Crippen molar-refractivity contribution in [3.63, 3.8) is 0 Å². The zero-order valence-electron chi connectivity index (χ0n) is 20.4. The van der Waals surface area contributed by atoms with Gasteiger partial charge in [0.2, 0.25) is 5.91 Å². The Bertz CT molecular complexity index is 1070. The summed E-state index contributed by atoms with van der Waals surface area (Å²) in [5.41, 5.74) is 0.916. The van der Waals surface area contributed by atoms with E-state index in [0.717, 1.165) is 5.56 Å². The van der Waals surface area contributed by atoms with E-state index in [9.17, 15) is 9.59 Å². The first kappa shape index (κ1) is 25.9. The van der Waals surface area contributed by atoms with Crippen LogP contribution in [0.3, 0.4) is 0 Å². The highest BCUT2D eigenvalue weighted by atomic mass is 16.6. The molecule has 0 N–H and O–H groups in total. The van der Waals surface area contributed by atoms with Gasteiger partial charge in [-0.2, -0.15) is 0 Å². The van der Waals surface area contributed by atoms with Crippen LogP contribution in [0.2, 0.25) is 0 Å². The molecule has 2 aliphatic heterocycles. The van der Waals surface area contributed by atoms with E-state index in [2.05, 4.69) is 28.1 Å². The molecular weight excluding hydrogens is 482 g/mol. The molecule has 2 fully saturated rings. The van der Waals surface area contributed by atoms with Crippen molar-refractivity contribution in [2.75, 3.05) is 52.7 Å². The van der Waals surface area contributed by atoms with Crippen LogP contribution >= 0.6 is 0 Å². The van der Waals surface area contributed by atoms with Gasteiger partial charge in [-0.3, -0.25) is 9.69 Å². The van der Waals surface area contributed by atoms with Crippen LogP contribution in [0.5, 0.6) is 18.0 Å². The monoisotopic (exact) mass is 511 g/mol. The predicted octanol–water partition coefficient (Wildman–Crippen LogP) is 1.80. The molecule has 2 aliphatic rings. The van der Waals surface area contributed by atoms with Gasteiger partial charge in [0, 0.05) is 6.54 Å². The van der Waals surface area contributed by atoms with Gasteiger partial charge in [-0.25, -0.2) is 4.79 Å². The molecule has 1 aromatic carbocycles. The van der Waals surface area contributed by atoms with Gasteiger partial charge in [-0.15, -0.1) is 15.0 Å². The number of carbonyl (C=O) groups excluding carboxylic acids is 2. The maximum atomic E-state index is 13.1. The normalized spacial score (nSPS) is 19.2. The summed E-state index contributed by atoms with van der Waals surface area (Å²) in [5.74, 6) is -0.200. The maximum absolute atomic E-state index is 13.1. The Labute approximate surface area is 214 Å². The fraction of sp³-hybridized carbons (Fsp3) is 0.400. The van der Waals surface area contributed by atoms with Crippen molar-refractivity contribution < 1.29 is 33.3 Å². The lowest BCUT2D eigenvalue weighted by atomic mass is 10.1. The van der Waals surface area contributed by atoms with Crippen LogP contribution in [-0.2, 0) is 14.3 Å². The number of hydrogen-bond donors (Lipinski definition) is 0. The molecule has 0 radical (unpaired) electrons. The number of rotatable bonds is 12. The largest absolute Gasteiger partial charge is 0.460 e. The van der Waals surface area contributed by atoms with E-state index < -0.39 is 12.2 Å². The van der Waals surface area contributed by atoms with Crippen LogP contribution < -0.4 is 14.2 Å². The van der Waals surface area contributed by atoms with Gasteiger partial charge in [0.1, 0.15) is 39.1 Å². The lowest BCUT2D eigenvalue weighted by Gasteiger charge is -2.34. The summed E-state index contributed by atoms with van der Waals surface area (Å²) in [6.07, 6.45) is 2.18. The minimum Gasteiger partial charge on any atom is -0.460 e. The molecule has 37 heavy (non-hydrogen) atoms. The maximum Gasteiger partial charge on any atom is 0.410 e. The number of amides is 2. The number of morpholine rings is 1. The van der Waals surface area contributed by atoms with Gasteiger partial charge in [0.15, 0.2) is 0 Å². The molecule has 2 aromatic rings. The van der Waals surface area contributed by atoms with E-state index in [1.807, 2.05) is 30.3 Å². The van der Waals surface area contributed by atoms with Crippen molar-refractivity contribution in [1.82, 2.24) is 24.8 Å². The second-order valence-electron chi connectivity index (χ2n) is 8.16. The van der Waals surface area contributed by atoms with Crippen LogP contribution in [0.4, 0.5) is 4.79 Å². The molecule has 0 bridgehead atoms. The molecule has 2 saturated heterocycles. The highest BCUT2D eigenvalue weighted by Crippen LogP contribution is 2.27.